The largest absolute Gasteiger partial charge is 0.395 e. The quantitative estimate of drug-likeness (QED) is 0.765. The molecule has 0 fully saturated rings. The molecule has 20 heavy (non-hydrogen) atoms. The lowest BCUT2D eigenvalue weighted by molar-refractivity contribution is -0.117. The van der Waals surface area contributed by atoms with Crippen molar-refractivity contribution in [2.45, 2.75) is 19.8 Å². The highest BCUT2D eigenvalue weighted by molar-refractivity contribution is 5.92. The van der Waals surface area contributed by atoms with Gasteiger partial charge in [0.15, 0.2) is 0 Å². The number of aliphatic hydroxyl groups is 1. The van der Waals surface area contributed by atoms with Gasteiger partial charge >= 0.3 is 0 Å². The molecule has 1 amide bonds. The molecule has 0 saturated heterocycles. The van der Waals surface area contributed by atoms with Crippen LogP contribution in [0.2, 0.25) is 0 Å². The van der Waals surface area contributed by atoms with E-state index in [1.165, 1.54) is 4.90 Å². The number of halogens is 2. The minimum absolute atomic E-state index is 0.0484. The van der Waals surface area contributed by atoms with Crippen LogP contribution >= 0.6 is 0 Å². The molecule has 0 heterocycles. The summed E-state index contributed by atoms with van der Waals surface area (Å²) in [6, 6.07) is 7.38. The second kappa shape index (κ2) is 8.60. The van der Waals surface area contributed by atoms with E-state index in [2.05, 4.69) is 5.32 Å². The normalized spacial score (nSPS) is 11.1. The van der Waals surface area contributed by atoms with E-state index in [1.807, 2.05) is 25.1 Å². The summed E-state index contributed by atoms with van der Waals surface area (Å²) in [6.07, 6.45) is -1.68. The van der Waals surface area contributed by atoms with Crippen LogP contribution in [0.4, 0.5) is 14.5 Å². The minimum atomic E-state index is -2.53. The lowest BCUT2D eigenvalue weighted by Gasteiger charge is -2.20. The van der Waals surface area contributed by atoms with E-state index in [4.69, 9.17) is 5.11 Å². The summed E-state index contributed by atoms with van der Waals surface area (Å²) in [5.74, 6) is -0.368. The van der Waals surface area contributed by atoms with Crippen LogP contribution in [0.3, 0.4) is 0 Å². The molecule has 0 atom stereocenters. The van der Waals surface area contributed by atoms with Gasteiger partial charge in [-0.3, -0.25) is 9.69 Å². The molecule has 112 valence electrons. The molecular formula is C14H20F2N2O2. The molecule has 1 aromatic rings. The number of aryl methyl sites for hydroxylation is 1. The maximum absolute atomic E-state index is 12.3. The molecule has 0 bridgehead atoms. The molecule has 0 aliphatic carbocycles. The fourth-order valence-corrected chi connectivity index (χ4v) is 1.84. The molecule has 1 rings (SSSR count). The number of hydrogen-bond acceptors (Lipinski definition) is 3. The predicted molar refractivity (Wildman–Crippen MR) is 74.0 cm³/mol. The molecule has 6 heteroatoms. The van der Waals surface area contributed by atoms with E-state index in [9.17, 15) is 13.6 Å². The Morgan fingerprint density at radius 2 is 2.20 bits per heavy atom. The Morgan fingerprint density at radius 1 is 1.45 bits per heavy atom. The van der Waals surface area contributed by atoms with E-state index < -0.39 is 13.0 Å². The molecule has 1 aromatic carbocycles. The number of rotatable bonds is 8. The number of aliphatic hydroxyl groups excluding tert-OH is 1. The van der Waals surface area contributed by atoms with Crippen LogP contribution < -0.4 is 5.32 Å². The van der Waals surface area contributed by atoms with Crippen LogP contribution in [0.15, 0.2) is 24.3 Å². The lowest BCUT2D eigenvalue weighted by atomic mass is 10.1. The molecule has 0 aromatic heterocycles. The zero-order valence-electron chi connectivity index (χ0n) is 11.5. The third kappa shape index (κ3) is 6.08. The second-order valence-corrected chi connectivity index (χ2v) is 4.45. The summed E-state index contributed by atoms with van der Waals surface area (Å²) >= 11 is 0. The summed E-state index contributed by atoms with van der Waals surface area (Å²) in [4.78, 5) is 13.0. The van der Waals surface area contributed by atoms with E-state index in [-0.39, 0.29) is 25.6 Å². The topological polar surface area (TPSA) is 52.6 Å². The lowest BCUT2D eigenvalue weighted by Crippen LogP contribution is -2.38. The van der Waals surface area contributed by atoms with Gasteiger partial charge in [0, 0.05) is 12.2 Å². The Bertz CT molecular complexity index is 427. The van der Waals surface area contributed by atoms with E-state index in [0.29, 0.717) is 5.69 Å². The molecule has 2 N–H and O–H groups in total. The first-order valence-electron chi connectivity index (χ1n) is 6.55. The number of benzene rings is 1. The number of hydrogen-bond donors (Lipinski definition) is 2. The van der Waals surface area contributed by atoms with Gasteiger partial charge in [0.2, 0.25) is 5.91 Å². The van der Waals surface area contributed by atoms with Crippen molar-refractivity contribution in [2.24, 2.45) is 0 Å². The van der Waals surface area contributed by atoms with E-state index >= 15 is 0 Å². The summed E-state index contributed by atoms with van der Waals surface area (Å²) < 4.78 is 24.7. The van der Waals surface area contributed by atoms with Gasteiger partial charge in [-0.2, -0.15) is 0 Å². The van der Waals surface area contributed by atoms with Crippen LogP contribution in [0.25, 0.3) is 0 Å². The average Bonchev–Trinajstić information content (AvgIpc) is 2.38. The first-order valence-corrected chi connectivity index (χ1v) is 6.55. The Hall–Kier alpha value is -1.53. The van der Waals surface area contributed by atoms with Crippen molar-refractivity contribution < 1.29 is 18.7 Å². The second-order valence-electron chi connectivity index (χ2n) is 4.45. The molecule has 0 unspecified atom stereocenters. The third-order valence-corrected chi connectivity index (χ3v) is 2.80. The predicted octanol–water partition coefficient (Wildman–Crippen LogP) is 1.75. The summed E-state index contributed by atoms with van der Waals surface area (Å²) in [7, 11) is 0. The van der Waals surface area contributed by atoms with Gasteiger partial charge < -0.3 is 10.4 Å². The Labute approximate surface area is 117 Å². The highest BCUT2D eigenvalue weighted by Gasteiger charge is 2.15. The highest BCUT2D eigenvalue weighted by Crippen LogP contribution is 2.11. The SMILES string of the molecule is CCc1cccc(NC(=O)CN(CCO)CC(F)F)c1. The van der Waals surface area contributed by atoms with Crippen LogP contribution in [0.5, 0.6) is 0 Å². The Balaban J connectivity index is 2.55. The van der Waals surface area contributed by atoms with Gasteiger partial charge in [-0.25, -0.2) is 8.78 Å². The minimum Gasteiger partial charge on any atom is -0.395 e. The third-order valence-electron chi connectivity index (χ3n) is 2.80. The van der Waals surface area contributed by atoms with Crippen molar-refractivity contribution >= 4 is 11.6 Å². The van der Waals surface area contributed by atoms with Crippen LogP contribution in [0.1, 0.15) is 12.5 Å². The number of anilines is 1. The number of carbonyl (C=O) groups is 1. The van der Waals surface area contributed by atoms with E-state index in [0.717, 1.165) is 12.0 Å². The first kappa shape index (κ1) is 16.5. The first-order chi connectivity index (χ1) is 9.55. The molecular weight excluding hydrogens is 266 g/mol. The summed E-state index contributed by atoms with van der Waals surface area (Å²) in [5.41, 5.74) is 1.73. The van der Waals surface area contributed by atoms with Crippen LogP contribution in [-0.4, -0.2) is 48.6 Å². The number of nitrogens with zero attached hydrogens (tertiary/aromatic N) is 1. The number of amides is 1. The number of carbonyl (C=O) groups excluding carboxylic acids is 1. The van der Waals surface area contributed by atoms with Crippen LogP contribution in [0, 0.1) is 0 Å². The summed E-state index contributed by atoms with van der Waals surface area (Å²) in [6.45, 7) is 1.11. The van der Waals surface area contributed by atoms with Gasteiger partial charge in [0.05, 0.1) is 19.7 Å². The Kier molecular flexibility index (Phi) is 7.11. The monoisotopic (exact) mass is 286 g/mol. The molecule has 0 radical (unpaired) electrons. The number of nitrogens with one attached hydrogen (secondary N) is 1. The molecule has 0 aliphatic rings. The average molecular weight is 286 g/mol. The van der Waals surface area contributed by atoms with Crippen molar-refractivity contribution in [3.8, 4) is 0 Å². The van der Waals surface area contributed by atoms with Gasteiger partial charge in [-0.05, 0) is 24.1 Å². The molecule has 4 nitrogen and oxygen atoms in total. The smallest absolute Gasteiger partial charge is 0.251 e. The van der Waals surface area contributed by atoms with Crippen molar-refractivity contribution in [3.05, 3.63) is 29.8 Å². The highest BCUT2D eigenvalue weighted by atomic mass is 19.3. The zero-order valence-corrected chi connectivity index (χ0v) is 11.5. The molecule has 0 aliphatic heterocycles. The fraction of sp³-hybridized carbons (Fsp3) is 0.500. The zero-order chi connectivity index (χ0) is 15.0. The molecule has 0 spiro atoms. The molecule has 0 saturated carbocycles. The van der Waals surface area contributed by atoms with Gasteiger partial charge in [-0.1, -0.05) is 19.1 Å². The van der Waals surface area contributed by atoms with Gasteiger partial charge in [0.1, 0.15) is 0 Å². The van der Waals surface area contributed by atoms with Crippen LogP contribution in [-0.2, 0) is 11.2 Å². The van der Waals surface area contributed by atoms with Gasteiger partial charge in [-0.15, -0.1) is 0 Å². The van der Waals surface area contributed by atoms with Crippen molar-refractivity contribution in [3.63, 3.8) is 0 Å². The maximum Gasteiger partial charge on any atom is 0.251 e. The maximum atomic E-state index is 12.3. The summed E-state index contributed by atoms with van der Waals surface area (Å²) in [5, 5.41) is 11.5. The fourth-order valence-electron chi connectivity index (χ4n) is 1.84. The standard InChI is InChI=1S/C14H20F2N2O2/c1-2-11-4-3-5-12(8-11)17-14(20)10-18(6-7-19)9-13(15)16/h3-5,8,13,19H,2,6-7,9-10H2,1H3,(H,17,20). The van der Waals surface area contributed by atoms with Gasteiger partial charge in [0.25, 0.3) is 6.43 Å². The van der Waals surface area contributed by atoms with Crippen molar-refractivity contribution in [1.82, 2.24) is 4.90 Å². The number of alkyl halides is 2. The van der Waals surface area contributed by atoms with E-state index in [1.54, 1.807) is 6.07 Å². The Morgan fingerprint density at radius 3 is 2.80 bits per heavy atom. The van der Waals surface area contributed by atoms with Crippen molar-refractivity contribution in [1.29, 1.82) is 0 Å². The van der Waals surface area contributed by atoms with Crippen molar-refractivity contribution in [2.75, 3.05) is 31.6 Å².